The second kappa shape index (κ2) is 8.53. The van der Waals surface area contributed by atoms with Crippen molar-refractivity contribution >= 4 is 5.97 Å². The van der Waals surface area contributed by atoms with Gasteiger partial charge >= 0.3 is 5.97 Å². The van der Waals surface area contributed by atoms with E-state index in [1.807, 2.05) is 6.07 Å². The van der Waals surface area contributed by atoms with Gasteiger partial charge in [0, 0.05) is 31.4 Å². The Bertz CT molecular complexity index is 470. The number of carboxylic acids is 1. The number of pyridine rings is 1. The first kappa shape index (κ1) is 16.4. The number of carboxylic acid groups (broad SMARTS) is 1. The normalized spacial score (nSPS) is 13.9. The second-order valence-corrected chi connectivity index (χ2v) is 5.26. The zero-order valence-corrected chi connectivity index (χ0v) is 12.2. The minimum atomic E-state index is -0.728. The maximum absolute atomic E-state index is 11.5. The van der Waals surface area contributed by atoms with Crippen LogP contribution in [0.15, 0.2) is 29.2 Å². The first-order valence-corrected chi connectivity index (χ1v) is 7.12. The summed E-state index contributed by atoms with van der Waals surface area (Å²) in [5, 5.41) is 12.1. The number of hydrogen-bond acceptors (Lipinski definition) is 3. The van der Waals surface area contributed by atoms with Gasteiger partial charge in [-0.2, -0.15) is 0 Å². The van der Waals surface area contributed by atoms with E-state index in [4.69, 9.17) is 5.11 Å². The molecule has 0 aliphatic heterocycles. The molecule has 112 valence electrons. The fraction of sp³-hybridized carbons (Fsp3) is 0.600. The van der Waals surface area contributed by atoms with Crippen molar-refractivity contribution in [3.05, 3.63) is 34.7 Å². The Morgan fingerprint density at radius 2 is 2.10 bits per heavy atom. The number of hydrogen-bond donors (Lipinski definition) is 2. The molecule has 1 heterocycles. The molecule has 0 radical (unpaired) electrons. The first-order chi connectivity index (χ1) is 9.50. The third kappa shape index (κ3) is 6.02. The van der Waals surface area contributed by atoms with Gasteiger partial charge in [-0.05, 0) is 25.8 Å². The van der Waals surface area contributed by atoms with Crippen molar-refractivity contribution < 1.29 is 9.90 Å². The zero-order chi connectivity index (χ0) is 15.0. The zero-order valence-electron chi connectivity index (χ0n) is 12.2. The van der Waals surface area contributed by atoms with Crippen LogP contribution < -0.4 is 10.9 Å². The van der Waals surface area contributed by atoms with Crippen LogP contribution in [-0.2, 0) is 11.3 Å². The Labute approximate surface area is 119 Å². The predicted molar refractivity (Wildman–Crippen MR) is 78.8 cm³/mol. The summed E-state index contributed by atoms with van der Waals surface area (Å²) in [5.74, 6) is -1.00. The molecule has 0 spiro atoms. The van der Waals surface area contributed by atoms with Gasteiger partial charge in [0.25, 0.3) is 5.56 Å². The first-order valence-electron chi connectivity index (χ1n) is 7.12. The Balaban J connectivity index is 2.17. The molecule has 1 rings (SSSR count). The highest BCUT2D eigenvalue weighted by Crippen LogP contribution is 2.09. The van der Waals surface area contributed by atoms with Crippen molar-refractivity contribution in [2.24, 2.45) is 5.92 Å². The Morgan fingerprint density at radius 1 is 1.35 bits per heavy atom. The van der Waals surface area contributed by atoms with Gasteiger partial charge in [-0.25, -0.2) is 0 Å². The standard InChI is InChI=1S/C15H24N2O3/c1-12(15(19)20)6-5-7-13(2)16-9-11-17-10-4-3-8-14(17)18/h3-4,8,10,12-13,16H,5-7,9,11H2,1-2H3,(H,19,20). The van der Waals surface area contributed by atoms with Crippen LogP contribution in [-0.4, -0.2) is 28.2 Å². The van der Waals surface area contributed by atoms with Gasteiger partial charge in [-0.1, -0.05) is 19.4 Å². The molecule has 0 saturated heterocycles. The fourth-order valence-electron chi connectivity index (χ4n) is 2.03. The van der Waals surface area contributed by atoms with Crippen molar-refractivity contribution in [1.82, 2.24) is 9.88 Å². The van der Waals surface area contributed by atoms with Gasteiger partial charge in [-0.15, -0.1) is 0 Å². The number of nitrogens with zero attached hydrogens (tertiary/aromatic N) is 1. The summed E-state index contributed by atoms with van der Waals surface area (Å²) in [6, 6.07) is 5.46. The summed E-state index contributed by atoms with van der Waals surface area (Å²) in [7, 11) is 0. The Hall–Kier alpha value is -1.62. The molecule has 2 unspecified atom stereocenters. The molecule has 0 aromatic carbocycles. The highest BCUT2D eigenvalue weighted by Gasteiger charge is 2.10. The van der Waals surface area contributed by atoms with Crippen molar-refractivity contribution in [1.29, 1.82) is 0 Å². The molecular weight excluding hydrogens is 256 g/mol. The van der Waals surface area contributed by atoms with E-state index in [0.717, 1.165) is 19.4 Å². The van der Waals surface area contributed by atoms with E-state index in [0.29, 0.717) is 19.0 Å². The Kier molecular flexibility index (Phi) is 7.01. The smallest absolute Gasteiger partial charge is 0.306 e. The van der Waals surface area contributed by atoms with E-state index in [1.54, 1.807) is 29.8 Å². The fourth-order valence-corrected chi connectivity index (χ4v) is 2.03. The van der Waals surface area contributed by atoms with E-state index in [1.165, 1.54) is 0 Å². The lowest BCUT2D eigenvalue weighted by Gasteiger charge is -2.15. The molecule has 20 heavy (non-hydrogen) atoms. The lowest BCUT2D eigenvalue weighted by atomic mass is 10.0. The second-order valence-electron chi connectivity index (χ2n) is 5.26. The maximum Gasteiger partial charge on any atom is 0.306 e. The number of carbonyl (C=O) groups is 1. The molecule has 0 fully saturated rings. The maximum atomic E-state index is 11.5. The van der Waals surface area contributed by atoms with E-state index in [9.17, 15) is 9.59 Å². The summed E-state index contributed by atoms with van der Waals surface area (Å²) in [6.07, 6.45) is 4.33. The van der Waals surface area contributed by atoms with Gasteiger partial charge in [0.15, 0.2) is 0 Å². The topological polar surface area (TPSA) is 71.3 Å². The van der Waals surface area contributed by atoms with Gasteiger partial charge in [0.2, 0.25) is 0 Å². The third-order valence-electron chi connectivity index (χ3n) is 3.44. The number of aliphatic carboxylic acids is 1. The third-order valence-corrected chi connectivity index (χ3v) is 3.44. The summed E-state index contributed by atoms with van der Waals surface area (Å²) in [5.41, 5.74) is 0.0113. The van der Waals surface area contributed by atoms with Crippen LogP contribution in [0.1, 0.15) is 33.1 Å². The predicted octanol–water partition coefficient (Wildman–Crippen LogP) is 1.72. The van der Waals surface area contributed by atoms with Crippen molar-refractivity contribution in [2.45, 2.75) is 45.7 Å². The van der Waals surface area contributed by atoms with Gasteiger partial charge in [0.1, 0.15) is 0 Å². The van der Waals surface area contributed by atoms with Crippen LogP contribution in [0.5, 0.6) is 0 Å². The van der Waals surface area contributed by atoms with E-state index < -0.39 is 5.97 Å². The van der Waals surface area contributed by atoms with Crippen molar-refractivity contribution in [3.63, 3.8) is 0 Å². The SMILES string of the molecule is CC(CCCC(C)C(=O)O)NCCn1ccccc1=O. The molecule has 0 amide bonds. The minimum Gasteiger partial charge on any atom is -0.481 e. The molecule has 0 bridgehead atoms. The summed E-state index contributed by atoms with van der Waals surface area (Å²) in [4.78, 5) is 22.2. The monoisotopic (exact) mass is 280 g/mol. The largest absolute Gasteiger partial charge is 0.481 e. The summed E-state index contributed by atoms with van der Waals surface area (Å²) < 4.78 is 1.67. The van der Waals surface area contributed by atoms with Crippen molar-refractivity contribution in [3.8, 4) is 0 Å². The van der Waals surface area contributed by atoms with E-state index >= 15 is 0 Å². The van der Waals surface area contributed by atoms with Gasteiger partial charge < -0.3 is 15.0 Å². The molecule has 0 aliphatic rings. The Morgan fingerprint density at radius 3 is 2.75 bits per heavy atom. The number of nitrogens with one attached hydrogen (secondary N) is 1. The highest BCUT2D eigenvalue weighted by atomic mass is 16.4. The minimum absolute atomic E-state index is 0.0113. The quantitative estimate of drug-likeness (QED) is 0.722. The average Bonchev–Trinajstić information content (AvgIpc) is 2.40. The van der Waals surface area contributed by atoms with Crippen LogP contribution in [0.4, 0.5) is 0 Å². The van der Waals surface area contributed by atoms with Crippen molar-refractivity contribution in [2.75, 3.05) is 6.54 Å². The van der Waals surface area contributed by atoms with E-state index in [2.05, 4.69) is 12.2 Å². The molecule has 1 aromatic rings. The molecule has 1 aromatic heterocycles. The summed E-state index contributed by atoms with van der Waals surface area (Å²) in [6.45, 7) is 5.20. The lowest BCUT2D eigenvalue weighted by molar-refractivity contribution is -0.141. The van der Waals surface area contributed by atoms with Crippen LogP contribution in [0.2, 0.25) is 0 Å². The average molecular weight is 280 g/mol. The van der Waals surface area contributed by atoms with Crippen LogP contribution >= 0.6 is 0 Å². The van der Waals surface area contributed by atoms with E-state index in [-0.39, 0.29) is 11.5 Å². The van der Waals surface area contributed by atoms with Crippen LogP contribution in [0, 0.1) is 5.92 Å². The lowest BCUT2D eigenvalue weighted by Crippen LogP contribution is -2.32. The highest BCUT2D eigenvalue weighted by molar-refractivity contribution is 5.69. The summed E-state index contributed by atoms with van der Waals surface area (Å²) >= 11 is 0. The van der Waals surface area contributed by atoms with Crippen LogP contribution in [0.25, 0.3) is 0 Å². The number of aromatic nitrogens is 1. The van der Waals surface area contributed by atoms with Gasteiger partial charge in [-0.3, -0.25) is 9.59 Å². The molecule has 2 atom stereocenters. The molecular formula is C15H24N2O3. The molecule has 2 N–H and O–H groups in total. The van der Waals surface area contributed by atoms with Crippen LogP contribution in [0.3, 0.4) is 0 Å². The molecule has 0 aliphatic carbocycles. The van der Waals surface area contributed by atoms with Gasteiger partial charge in [0.05, 0.1) is 5.92 Å². The molecule has 5 nitrogen and oxygen atoms in total. The molecule has 5 heteroatoms. The number of rotatable bonds is 9. The molecule has 0 saturated carbocycles.